The molecule has 2 aromatic rings. The molecule has 3 rings (SSSR count). The van der Waals surface area contributed by atoms with Crippen LogP contribution >= 0.6 is 0 Å². The molecule has 0 radical (unpaired) electrons. The summed E-state index contributed by atoms with van der Waals surface area (Å²) >= 11 is 0. The molecule has 29 heavy (non-hydrogen) atoms. The van der Waals surface area contributed by atoms with Crippen molar-refractivity contribution in [1.29, 1.82) is 5.26 Å². The van der Waals surface area contributed by atoms with Crippen LogP contribution in [0.25, 0.3) is 0 Å². The topological polar surface area (TPSA) is 91.7 Å². The molecule has 2 amide bonds. The molecule has 0 aliphatic carbocycles. The van der Waals surface area contributed by atoms with E-state index >= 15 is 0 Å². The van der Waals surface area contributed by atoms with Gasteiger partial charge in [0.15, 0.2) is 11.5 Å². The van der Waals surface area contributed by atoms with E-state index in [2.05, 4.69) is 5.32 Å². The van der Waals surface area contributed by atoms with Crippen molar-refractivity contribution in [2.24, 2.45) is 5.92 Å². The molecular weight excluding hydrogens is 370 g/mol. The molecule has 0 aromatic heterocycles. The van der Waals surface area contributed by atoms with Gasteiger partial charge in [0.1, 0.15) is 0 Å². The van der Waals surface area contributed by atoms with Gasteiger partial charge in [-0.1, -0.05) is 6.07 Å². The number of rotatable bonds is 7. The molecule has 1 saturated heterocycles. The number of ether oxygens (including phenoxy) is 2. The van der Waals surface area contributed by atoms with E-state index in [1.165, 1.54) is 0 Å². The Kier molecular flexibility index (Phi) is 6.35. The van der Waals surface area contributed by atoms with E-state index in [1.54, 1.807) is 43.4 Å². The summed E-state index contributed by atoms with van der Waals surface area (Å²) in [6.07, 6.45) is 0.865. The van der Waals surface area contributed by atoms with Gasteiger partial charge in [-0.3, -0.25) is 9.59 Å². The minimum Gasteiger partial charge on any atom is -0.493 e. The number of nitriles is 1. The summed E-state index contributed by atoms with van der Waals surface area (Å²) < 4.78 is 10.6. The molecule has 1 heterocycles. The largest absolute Gasteiger partial charge is 0.493 e. The van der Waals surface area contributed by atoms with Crippen LogP contribution in [0.3, 0.4) is 0 Å². The summed E-state index contributed by atoms with van der Waals surface area (Å²) in [6.45, 7) is 0.934. The van der Waals surface area contributed by atoms with Crippen LogP contribution in [0.15, 0.2) is 42.5 Å². The van der Waals surface area contributed by atoms with Gasteiger partial charge in [0, 0.05) is 25.2 Å². The highest BCUT2D eigenvalue weighted by atomic mass is 16.5. The SMILES string of the molecule is COc1ccc(CCN2CC(C(=O)Nc3ccc(C#N)cc3)CC2=O)cc1OC. The molecule has 1 N–H and O–H groups in total. The fourth-order valence-electron chi connectivity index (χ4n) is 3.34. The normalized spacial score (nSPS) is 15.7. The van der Waals surface area contributed by atoms with Gasteiger partial charge in [0.25, 0.3) is 0 Å². The molecule has 1 aliphatic heterocycles. The van der Waals surface area contributed by atoms with Crippen LogP contribution in [-0.4, -0.2) is 44.0 Å². The van der Waals surface area contributed by atoms with Crippen molar-refractivity contribution in [3.63, 3.8) is 0 Å². The molecule has 2 aromatic carbocycles. The van der Waals surface area contributed by atoms with Crippen LogP contribution in [0.5, 0.6) is 11.5 Å². The fraction of sp³-hybridized carbons (Fsp3) is 0.318. The number of carbonyl (C=O) groups is 2. The van der Waals surface area contributed by atoms with Gasteiger partial charge in [-0.25, -0.2) is 0 Å². The number of carbonyl (C=O) groups excluding carboxylic acids is 2. The lowest BCUT2D eigenvalue weighted by molar-refractivity contribution is -0.128. The van der Waals surface area contributed by atoms with E-state index < -0.39 is 0 Å². The Morgan fingerprint density at radius 3 is 2.55 bits per heavy atom. The zero-order chi connectivity index (χ0) is 20.8. The molecule has 1 unspecified atom stereocenters. The lowest BCUT2D eigenvalue weighted by atomic mass is 10.1. The van der Waals surface area contributed by atoms with Crippen LogP contribution in [0.1, 0.15) is 17.5 Å². The summed E-state index contributed by atoms with van der Waals surface area (Å²) in [5.41, 5.74) is 2.17. The summed E-state index contributed by atoms with van der Waals surface area (Å²) in [4.78, 5) is 26.6. The molecule has 0 bridgehead atoms. The number of benzene rings is 2. The van der Waals surface area contributed by atoms with Gasteiger partial charge in [0.2, 0.25) is 11.8 Å². The Balaban J connectivity index is 1.55. The third-order valence-electron chi connectivity index (χ3n) is 4.99. The first-order valence-electron chi connectivity index (χ1n) is 9.33. The molecular formula is C22H23N3O4. The van der Waals surface area contributed by atoms with E-state index in [9.17, 15) is 9.59 Å². The van der Waals surface area contributed by atoms with Crippen molar-refractivity contribution >= 4 is 17.5 Å². The smallest absolute Gasteiger partial charge is 0.229 e. The number of nitrogens with one attached hydrogen (secondary N) is 1. The van der Waals surface area contributed by atoms with Crippen molar-refractivity contribution in [3.8, 4) is 17.6 Å². The first-order valence-corrected chi connectivity index (χ1v) is 9.33. The van der Waals surface area contributed by atoms with Crippen molar-refractivity contribution in [2.75, 3.05) is 32.6 Å². The Bertz CT molecular complexity index is 934. The van der Waals surface area contributed by atoms with Gasteiger partial charge in [-0.15, -0.1) is 0 Å². The Hall–Kier alpha value is -3.53. The first kappa shape index (κ1) is 20.2. The first-order chi connectivity index (χ1) is 14.0. The van der Waals surface area contributed by atoms with Gasteiger partial charge in [-0.05, 0) is 48.4 Å². The third kappa shape index (κ3) is 4.85. The molecule has 7 nitrogen and oxygen atoms in total. The van der Waals surface area contributed by atoms with Crippen molar-refractivity contribution < 1.29 is 19.1 Å². The third-order valence-corrected chi connectivity index (χ3v) is 4.99. The summed E-state index contributed by atoms with van der Waals surface area (Å²) in [7, 11) is 3.17. The van der Waals surface area contributed by atoms with Crippen LogP contribution < -0.4 is 14.8 Å². The predicted octanol–water partition coefficient (Wildman–Crippen LogP) is 2.61. The van der Waals surface area contributed by atoms with E-state index in [0.29, 0.717) is 42.3 Å². The van der Waals surface area contributed by atoms with Gasteiger partial charge in [0.05, 0.1) is 31.8 Å². The number of methoxy groups -OCH3 is 2. The standard InChI is InChI=1S/C22H23N3O4/c1-28-19-8-5-15(11-20(19)29-2)9-10-25-14-17(12-21(25)26)22(27)24-18-6-3-16(13-23)4-7-18/h3-8,11,17H,9-10,12,14H2,1-2H3,(H,24,27). The number of anilines is 1. The minimum atomic E-state index is -0.386. The van der Waals surface area contributed by atoms with E-state index in [4.69, 9.17) is 14.7 Å². The molecule has 1 atom stereocenters. The average molecular weight is 393 g/mol. The number of hydrogen-bond acceptors (Lipinski definition) is 5. The van der Waals surface area contributed by atoms with Crippen LogP contribution in [0.4, 0.5) is 5.69 Å². The zero-order valence-corrected chi connectivity index (χ0v) is 16.5. The lowest BCUT2D eigenvalue weighted by Gasteiger charge is -2.17. The number of amides is 2. The van der Waals surface area contributed by atoms with Crippen LogP contribution in [-0.2, 0) is 16.0 Å². The van der Waals surface area contributed by atoms with Gasteiger partial charge in [-0.2, -0.15) is 5.26 Å². The summed E-state index contributed by atoms with van der Waals surface area (Å²) in [6, 6.07) is 14.4. The van der Waals surface area contributed by atoms with Gasteiger partial charge >= 0.3 is 0 Å². The number of nitrogens with zero attached hydrogens (tertiary/aromatic N) is 2. The van der Waals surface area contributed by atoms with E-state index in [-0.39, 0.29) is 24.2 Å². The monoisotopic (exact) mass is 393 g/mol. The molecule has 7 heteroatoms. The summed E-state index contributed by atoms with van der Waals surface area (Å²) in [5, 5.41) is 11.7. The Morgan fingerprint density at radius 1 is 1.17 bits per heavy atom. The Labute approximate surface area is 169 Å². The zero-order valence-electron chi connectivity index (χ0n) is 16.5. The summed E-state index contributed by atoms with van der Waals surface area (Å²) in [5.74, 6) is 0.719. The van der Waals surface area contributed by atoms with Gasteiger partial charge < -0.3 is 19.7 Å². The quantitative estimate of drug-likeness (QED) is 0.781. The van der Waals surface area contributed by atoms with Crippen molar-refractivity contribution in [3.05, 3.63) is 53.6 Å². The van der Waals surface area contributed by atoms with E-state index in [1.807, 2.05) is 24.3 Å². The maximum atomic E-state index is 12.5. The highest BCUT2D eigenvalue weighted by Gasteiger charge is 2.34. The van der Waals surface area contributed by atoms with E-state index in [0.717, 1.165) is 5.56 Å². The number of hydrogen-bond donors (Lipinski definition) is 1. The minimum absolute atomic E-state index is 0.0227. The molecule has 0 saturated carbocycles. The van der Waals surface area contributed by atoms with Crippen molar-refractivity contribution in [2.45, 2.75) is 12.8 Å². The maximum absolute atomic E-state index is 12.5. The maximum Gasteiger partial charge on any atom is 0.229 e. The predicted molar refractivity (Wildman–Crippen MR) is 108 cm³/mol. The van der Waals surface area contributed by atoms with Crippen LogP contribution in [0.2, 0.25) is 0 Å². The fourth-order valence-corrected chi connectivity index (χ4v) is 3.34. The average Bonchev–Trinajstić information content (AvgIpc) is 3.13. The van der Waals surface area contributed by atoms with Crippen molar-refractivity contribution in [1.82, 2.24) is 4.90 Å². The highest BCUT2D eigenvalue weighted by Crippen LogP contribution is 2.28. The highest BCUT2D eigenvalue weighted by molar-refractivity contribution is 5.97. The number of likely N-dealkylation sites (tertiary alicyclic amines) is 1. The molecule has 1 fully saturated rings. The second-order valence-electron chi connectivity index (χ2n) is 6.86. The molecule has 150 valence electrons. The second-order valence-corrected chi connectivity index (χ2v) is 6.86. The lowest BCUT2D eigenvalue weighted by Crippen LogP contribution is -2.30. The molecule has 0 spiro atoms. The second kappa shape index (κ2) is 9.11. The van der Waals surface area contributed by atoms with Crippen LogP contribution in [0, 0.1) is 17.2 Å². The Morgan fingerprint density at radius 2 is 1.90 bits per heavy atom. The molecule has 1 aliphatic rings.